The summed E-state index contributed by atoms with van der Waals surface area (Å²) < 4.78 is 5.24. The van der Waals surface area contributed by atoms with Crippen molar-refractivity contribution in [2.75, 3.05) is 18.0 Å². The van der Waals surface area contributed by atoms with Crippen LogP contribution >= 0.6 is 0 Å². The lowest BCUT2D eigenvalue weighted by Crippen LogP contribution is -2.40. The van der Waals surface area contributed by atoms with Gasteiger partial charge in [-0.1, -0.05) is 0 Å². The Balaban J connectivity index is 1.34. The molecule has 0 saturated carbocycles. The van der Waals surface area contributed by atoms with Gasteiger partial charge in [0.25, 0.3) is 0 Å². The Morgan fingerprint density at radius 1 is 1.24 bits per heavy atom. The van der Waals surface area contributed by atoms with Gasteiger partial charge in [0.05, 0.1) is 24.7 Å². The van der Waals surface area contributed by atoms with E-state index in [1.54, 1.807) is 18.7 Å². The van der Waals surface area contributed by atoms with E-state index in [0.717, 1.165) is 42.9 Å². The molecule has 0 aromatic carbocycles. The molecule has 0 aliphatic carbocycles. The Bertz CT molecular complexity index is 857. The van der Waals surface area contributed by atoms with E-state index in [1.165, 1.54) is 0 Å². The Kier molecular flexibility index (Phi) is 4.28. The number of aromatic nitrogens is 3. The van der Waals surface area contributed by atoms with Crippen LogP contribution in [0.3, 0.4) is 0 Å². The summed E-state index contributed by atoms with van der Waals surface area (Å²) in [5.74, 6) is 0.909. The average molecular weight is 337 g/mol. The second-order valence-electron chi connectivity index (χ2n) is 6.15. The molecule has 7 heteroatoms. The quantitative estimate of drug-likeness (QED) is 0.785. The second-order valence-corrected chi connectivity index (χ2v) is 6.15. The summed E-state index contributed by atoms with van der Waals surface area (Å²) in [7, 11) is 0. The molecule has 3 aromatic heterocycles. The molecular formula is C18H19N5O2. The number of rotatable bonds is 4. The van der Waals surface area contributed by atoms with E-state index in [-0.39, 0.29) is 11.8 Å². The average Bonchev–Trinajstić information content (AvgIpc) is 3.19. The van der Waals surface area contributed by atoms with Crippen molar-refractivity contribution in [2.24, 2.45) is 5.92 Å². The number of piperidine rings is 1. The molecule has 25 heavy (non-hydrogen) atoms. The molecule has 0 unspecified atom stereocenters. The van der Waals surface area contributed by atoms with Crippen LogP contribution in [0.25, 0.3) is 11.2 Å². The molecule has 1 fully saturated rings. The van der Waals surface area contributed by atoms with Crippen LogP contribution in [-0.4, -0.2) is 33.9 Å². The third-order valence-electron chi connectivity index (χ3n) is 4.56. The van der Waals surface area contributed by atoms with E-state index in [9.17, 15) is 4.79 Å². The molecule has 1 aliphatic heterocycles. The van der Waals surface area contributed by atoms with Crippen LogP contribution in [0.5, 0.6) is 0 Å². The largest absolute Gasteiger partial charge is 0.467 e. The molecule has 1 saturated heterocycles. The molecule has 1 aliphatic rings. The van der Waals surface area contributed by atoms with Gasteiger partial charge in [-0.25, -0.2) is 9.97 Å². The molecule has 4 heterocycles. The monoisotopic (exact) mass is 337 g/mol. The van der Waals surface area contributed by atoms with Crippen molar-refractivity contribution in [2.45, 2.75) is 19.4 Å². The van der Waals surface area contributed by atoms with Gasteiger partial charge in [-0.2, -0.15) is 0 Å². The third-order valence-corrected chi connectivity index (χ3v) is 4.56. The number of nitrogens with zero attached hydrogens (tertiary/aromatic N) is 4. The number of carbonyl (C=O) groups is 1. The second kappa shape index (κ2) is 6.88. The summed E-state index contributed by atoms with van der Waals surface area (Å²) >= 11 is 0. The Morgan fingerprint density at radius 2 is 2.08 bits per heavy atom. The number of amides is 1. The van der Waals surface area contributed by atoms with Gasteiger partial charge in [0.2, 0.25) is 5.91 Å². The first-order valence-corrected chi connectivity index (χ1v) is 8.41. The van der Waals surface area contributed by atoms with Crippen molar-refractivity contribution in [1.82, 2.24) is 20.3 Å². The van der Waals surface area contributed by atoms with Crippen LogP contribution in [0.15, 0.2) is 47.5 Å². The minimum atomic E-state index is 0.0411. The fourth-order valence-corrected chi connectivity index (χ4v) is 3.15. The third kappa shape index (κ3) is 3.45. The molecule has 1 amide bonds. The van der Waals surface area contributed by atoms with E-state index < -0.39 is 0 Å². The summed E-state index contributed by atoms with van der Waals surface area (Å²) in [6.45, 7) is 2.10. The fourth-order valence-electron chi connectivity index (χ4n) is 3.15. The smallest absolute Gasteiger partial charge is 0.223 e. The molecule has 7 nitrogen and oxygen atoms in total. The van der Waals surface area contributed by atoms with Crippen molar-refractivity contribution < 1.29 is 9.21 Å². The normalized spacial score (nSPS) is 15.4. The molecular weight excluding hydrogens is 318 g/mol. The van der Waals surface area contributed by atoms with Gasteiger partial charge in [-0.05, 0) is 31.0 Å². The maximum absolute atomic E-state index is 12.3. The zero-order chi connectivity index (χ0) is 17.1. The number of fused-ring (bicyclic) bond motifs is 1. The number of hydrogen-bond donors (Lipinski definition) is 1. The lowest BCUT2D eigenvalue weighted by atomic mass is 9.95. The molecule has 0 atom stereocenters. The highest BCUT2D eigenvalue weighted by Crippen LogP contribution is 2.24. The Labute approximate surface area is 145 Å². The summed E-state index contributed by atoms with van der Waals surface area (Å²) in [4.78, 5) is 27.4. The van der Waals surface area contributed by atoms with E-state index in [1.807, 2.05) is 24.4 Å². The van der Waals surface area contributed by atoms with Crippen molar-refractivity contribution in [1.29, 1.82) is 0 Å². The van der Waals surface area contributed by atoms with Gasteiger partial charge in [0.1, 0.15) is 11.3 Å². The number of pyridine rings is 1. The lowest BCUT2D eigenvalue weighted by Gasteiger charge is -2.32. The van der Waals surface area contributed by atoms with Gasteiger partial charge in [0, 0.05) is 31.4 Å². The van der Waals surface area contributed by atoms with Crippen molar-refractivity contribution in [3.8, 4) is 0 Å². The minimum Gasteiger partial charge on any atom is -0.467 e. The molecule has 0 bridgehead atoms. The maximum atomic E-state index is 12.3. The summed E-state index contributed by atoms with van der Waals surface area (Å²) in [5.41, 5.74) is 2.47. The summed E-state index contributed by atoms with van der Waals surface area (Å²) in [6, 6.07) is 5.69. The molecule has 3 aromatic rings. The van der Waals surface area contributed by atoms with Crippen LogP contribution in [-0.2, 0) is 11.3 Å². The molecule has 1 N–H and O–H groups in total. The van der Waals surface area contributed by atoms with E-state index in [0.29, 0.717) is 12.2 Å². The van der Waals surface area contributed by atoms with Crippen molar-refractivity contribution in [3.63, 3.8) is 0 Å². The van der Waals surface area contributed by atoms with E-state index in [4.69, 9.17) is 4.42 Å². The maximum Gasteiger partial charge on any atom is 0.223 e. The zero-order valence-electron chi connectivity index (χ0n) is 13.8. The molecule has 4 rings (SSSR count). The van der Waals surface area contributed by atoms with E-state index >= 15 is 0 Å². The highest BCUT2D eigenvalue weighted by Gasteiger charge is 2.25. The van der Waals surface area contributed by atoms with Gasteiger partial charge >= 0.3 is 0 Å². The van der Waals surface area contributed by atoms with Gasteiger partial charge in [-0.3, -0.25) is 9.78 Å². The van der Waals surface area contributed by atoms with Gasteiger partial charge in [-0.15, -0.1) is 0 Å². The highest BCUT2D eigenvalue weighted by atomic mass is 16.3. The molecule has 128 valence electrons. The van der Waals surface area contributed by atoms with Crippen LogP contribution in [0, 0.1) is 5.92 Å². The Hall–Kier alpha value is -2.96. The first-order valence-electron chi connectivity index (χ1n) is 8.41. The number of nitrogens with one attached hydrogen (secondary N) is 1. The topological polar surface area (TPSA) is 84.2 Å². The Morgan fingerprint density at radius 3 is 2.88 bits per heavy atom. The molecule has 0 radical (unpaired) electrons. The highest BCUT2D eigenvalue weighted by molar-refractivity contribution is 5.79. The van der Waals surface area contributed by atoms with Crippen molar-refractivity contribution >= 4 is 22.8 Å². The zero-order valence-corrected chi connectivity index (χ0v) is 13.8. The first-order chi connectivity index (χ1) is 12.3. The van der Waals surface area contributed by atoms with Gasteiger partial charge in [0.15, 0.2) is 5.65 Å². The fraction of sp³-hybridized carbons (Fsp3) is 0.333. The number of anilines is 1. The van der Waals surface area contributed by atoms with Crippen LogP contribution in [0.1, 0.15) is 18.6 Å². The summed E-state index contributed by atoms with van der Waals surface area (Å²) in [5, 5.41) is 2.95. The first kappa shape index (κ1) is 15.6. The standard InChI is InChI=1S/C18H19N5O2/c24-18(22-12-15-2-1-9-25-15)13-3-7-23(8-4-13)14-10-16-17(21-11-14)20-6-5-19-16/h1-2,5-6,9-11,13H,3-4,7-8,12H2,(H,22,24). The number of hydrogen-bond acceptors (Lipinski definition) is 6. The predicted octanol–water partition coefficient (Wildman–Crippen LogP) is 2.15. The van der Waals surface area contributed by atoms with Crippen LogP contribution in [0.4, 0.5) is 5.69 Å². The van der Waals surface area contributed by atoms with Crippen molar-refractivity contribution in [3.05, 3.63) is 48.8 Å². The van der Waals surface area contributed by atoms with Crippen LogP contribution in [0.2, 0.25) is 0 Å². The number of furan rings is 1. The minimum absolute atomic E-state index is 0.0411. The van der Waals surface area contributed by atoms with Crippen LogP contribution < -0.4 is 10.2 Å². The predicted molar refractivity (Wildman–Crippen MR) is 92.8 cm³/mol. The number of carbonyl (C=O) groups excluding carboxylic acids is 1. The summed E-state index contributed by atoms with van der Waals surface area (Å²) in [6.07, 6.45) is 8.40. The lowest BCUT2D eigenvalue weighted by molar-refractivity contribution is -0.125. The van der Waals surface area contributed by atoms with E-state index in [2.05, 4.69) is 25.2 Å². The van der Waals surface area contributed by atoms with Gasteiger partial charge < -0.3 is 14.6 Å². The SMILES string of the molecule is O=C(NCc1ccco1)C1CCN(c2cnc3nccnc3c2)CC1. The molecule has 0 spiro atoms.